The largest absolute Gasteiger partial charge is 0.368 e. The van der Waals surface area contributed by atoms with E-state index in [0.29, 0.717) is 39.2 Å². The molecule has 5 rings (SSSR count). The highest BCUT2D eigenvalue weighted by Crippen LogP contribution is 2.39. The van der Waals surface area contributed by atoms with Crippen LogP contribution in [0.3, 0.4) is 0 Å². The van der Waals surface area contributed by atoms with Crippen LogP contribution < -0.4 is 5.32 Å². The number of hydrogen-bond donors (Lipinski definition) is 1. The molecule has 4 amide bonds. The van der Waals surface area contributed by atoms with Gasteiger partial charge in [-0.3, -0.25) is 14.5 Å². The van der Waals surface area contributed by atoms with Crippen molar-refractivity contribution in [1.29, 1.82) is 0 Å². The lowest BCUT2D eigenvalue weighted by Crippen LogP contribution is -2.54. The summed E-state index contributed by atoms with van der Waals surface area (Å²) in [6.45, 7) is 3.38. The summed E-state index contributed by atoms with van der Waals surface area (Å²) < 4.78 is 5.51. The van der Waals surface area contributed by atoms with Gasteiger partial charge in [-0.2, -0.15) is 0 Å². The van der Waals surface area contributed by atoms with E-state index >= 15 is 0 Å². The summed E-state index contributed by atoms with van der Waals surface area (Å²) in [6.07, 6.45) is 3.88. The summed E-state index contributed by atoms with van der Waals surface area (Å²) in [5.41, 5.74) is 1.15. The lowest BCUT2D eigenvalue weighted by molar-refractivity contribution is -0.143. The number of piperazine rings is 1. The number of amides is 4. The monoisotopic (exact) mass is 412 g/mol. The molecule has 0 bridgehead atoms. The number of rotatable bonds is 3. The molecule has 2 atom stereocenters. The van der Waals surface area contributed by atoms with E-state index < -0.39 is 5.54 Å². The Bertz CT molecular complexity index is 860. The molecule has 0 aromatic heterocycles. The first-order valence-corrected chi connectivity index (χ1v) is 10.9. The first kappa shape index (κ1) is 19.5. The predicted octanol–water partition coefficient (Wildman–Crippen LogP) is 1.05. The molecule has 3 fully saturated rings. The highest BCUT2D eigenvalue weighted by Gasteiger charge is 2.54. The molecule has 0 saturated carbocycles. The van der Waals surface area contributed by atoms with Crippen molar-refractivity contribution in [3.8, 4) is 0 Å². The molecule has 1 spiro atoms. The fourth-order valence-corrected chi connectivity index (χ4v) is 5.23. The van der Waals surface area contributed by atoms with Gasteiger partial charge in [0.15, 0.2) is 0 Å². The van der Waals surface area contributed by atoms with Crippen molar-refractivity contribution < 1.29 is 19.1 Å². The molecule has 0 unspecified atom stereocenters. The second-order valence-corrected chi connectivity index (χ2v) is 8.67. The van der Waals surface area contributed by atoms with Crippen molar-refractivity contribution in [1.82, 2.24) is 20.0 Å². The molecule has 8 nitrogen and oxygen atoms in total. The minimum atomic E-state index is -0.927. The molecule has 3 heterocycles. The minimum Gasteiger partial charge on any atom is -0.368 e. The highest BCUT2D eigenvalue weighted by atomic mass is 16.5. The maximum atomic E-state index is 13.4. The second-order valence-electron chi connectivity index (χ2n) is 8.67. The van der Waals surface area contributed by atoms with Gasteiger partial charge in [0.25, 0.3) is 11.8 Å². The zero-order valence-corrected chi connectivity index (χ0v) is 17.1. The standard InChI is InChI=1S/C22H28N4O4/c27-19(18-8-4-14-30-18)25-12-10-24(11-13-25)15-26-20(28)22(23-21(26)29)9-3-6-16-5-1-2-7-17(16)22/h1-2,5,7,18H,3-4,6,8-15H2,(H,23,29)/t18-,22+/m0/s1. The van der Waals surface area contributed by atoms with Gasteiger partial charge in [0.2, 0.25) is 0 Å². The molecule has 3 aliphatic heterocycles. The molecule has 160 valence electrons. The summed E-state index contributed by atoms with van der Waals surface area (Å²) in [5.74, 6) is -0.0857. The van der Waals surface area contributed by atoms with Crippen LogP contribution >= 0.6 is 0 Å². The molecule has 4 aliphatic rings. The van der Waals surface area contributed by atoms with Crippen LogP contribution in [-0.2, 0) is 26.3 Å². The average molecular weight is 412 g/mol. The van der Waals surface area contributed by atoms with Crippen LogP contribution in [0.25, 0.3) is 0 Å². The van der Waals surface area contributed by atoms with Gasteiger partial charge in [-0.1, -0.05) is 24.3 Å². The third-order valence-corrected chi connectivity index (χ3v) is 6.88. The van der Waals surface area contributed by atoms with Crippen molar-refractivity contribution in [2.45, 2.75) is 43.7 Å². The topological polar surface area (TPSA) is 82.2 Å². The number of urea groups is 1. The van der Waals surface area contributed by atoms with Crippen LogP contribution in [0.4, 0.5) is 4.79 Å². The minimum absolute atomic E-state index is 0.0694. The first-order chi connectivity index (χ1) is 14.6. The maximum absolute atomic E-state index is 13.4. The van der Waals surface area contributed by atoms with E-state index in [-0.39, 0.29) is 30.6 Å². The van der Waals surface area contributed by atoms with Gasteiger partial charge in [0.1, 0.15) is 11.6 Å². The van der Waals surface area contributed by atoms with E-state index in [1.165, 1.54) is 4.90 Å². The van der Waals surface area contributed by atoms with Gasteiger partial charge >= 0.3 is 6.03 Å². The van der Waals surface area contributed by atoms with Crippen LogP contribution in [0, 0.1) is 0 Å². The number of carbonyl (C=O) groups excluding carboxylic acids is 3. The Morgan fingerprint density at radius 1 is 1.13 bits per heavy atom. The Kier molecular flexibility index (Phi) is 4.99. The van der Waals surface area contributed by atoms with Crippen molar-refractivity contribution >= 4 is 17.8 Å². The molecular formula is C22H28N4O4. The highest BCUT2D eigenvalue weighted by molar-refractivity contribution is 6.07. The van der Waals surface area contributed by atoms with Crippen LogP contribution in [0.5, 0.6) is 0 Å². The summed E-state index contributed by atoms with van der Waals surface area (Å²) in [7, 11) is 0. The number of benzene rings is 1. The number of carbonyl (C=O) groups is 3. The van der Waals surface area contributed by atoms with Gasteiger partial charge in [-0.05, 0) is 43.2 Å². The first-order valence-electron chi connectivity index (χ1n) is 10.9. The predicted molar refractivity (Wildman–Crippen MR) is 108 cm³/mol. The van der Waals surface area contributed by atoms with E-state index in [0.717, 1.165) is 36.8 Å². The Labute approximate surface area is 176 Å². The van der Waals surface area contributed by atoms with E-state index in [1.807, 2.05) is 29.2 Å². The zero-order chi connectivity index (χ0) is 20.7. The Morgan fingerprint density at radius 2 is 1.93 bits per heavy atom. The van der Waals surface area contributed by atoms with Crippen molar-refractivity contribution in [2.75, 3.05) is 39.5 Å². The lowest BCUT2D eigenvalue weighted by atomic mass is 9.76. The van der Waals surface area contributed by atoms with Crippen molar-refractivity contribution in [2.24, 2.45) is 0 Å². The van der Waals surface area contributed by atoms with Crippen LogP contribution in [-0.4, -0.2) is 78.1 Å². The number of hydrogen-bond acceptors (Lipinski definition) is 5. The maximum Gasteiger partial charge on any atom is 0.326 e. The van der Waals surface area contributed by atoms with Crippen LogP contribution in [0.15, 0.2) is 24.3 Å². The van der Waals surface area contributed by atoms with E-state index in [4.69, 9.17) is 4.74 Å². The van der Waals surface area contributed by atoms with Crippen LogP contribution in [0.2, 0.25) is 0 Å². The quantitative estimate of drug-likeness (QED) is 0.751. The number of imide groups is 1. The summed E-state index contributed by atoms with van der Waals surface area (Å²) in [5, 5.41) is 3.01. The van der Waals surface area contributed by atoms with Gasteiger partial charge in [-0.25, -0.2) is 9.69 Å². The Balaban J connectivity index is 1.24. The molecule has 3 saturated heterocycles. The molecule has 1 aromatic rings. The average Bonchev–Trinajstić information content (AvgIpc) is 3.38. The molecule has 0 radical (unpaired) electrons. The number of fused-ring (bicyclic) bond motifs is 2. The number of aryl methyl sites for hydroxylation is 1. The molecular weight excluding hydrogens is 384 g/mol. The van der Waals surface area contributed by atoms with Gasteiger partial charge < -0.3 is 15.0 Å². The third kappa shape index (κ3) is 3.18. The number of nitrogens with one attached hydrogen (secondary N) is 1. The Hall–Kier alpha value is -2.45. The fourth-order valence-electron chi connectivity index (χ4n) is 5.23. The van der Waals surface area contributed by atoms with E-state index in [9.17, 15) is 14.4 Å². The SMILES string of the molecule is O=C([C@@H]1CCCO1)N1CCN(CN2C(=O)N[C@@]3(CCCc4ccccc43)C2=O)CC1. The summed E-state index contributed by atoms with van der Waals surface area (Å²) in [4.78, 5) is 44.0. The molecule has 8 heteroatoms. The number of nitrogens with zero attached hydrogens (tertiary/aromatic N) is 3. The summed E-state index contributed by atoms with van der Waals surface area (Å²) >= 11 is 0. The second kappa shape index (κ2) is 7.67. The molecule has 1 aliphatic carbocycles. The fraction of sp³-hybridized carbons (Fsp3) is 0.591. The zero-order valence-electron chi connectivity index (χ0n) is 17.1. The summed E-state index contributed by atoms with van der Waals surface area (Å²) in [6, 6.07) is 7.59. The third-order valence-electron chi connectivity index (χ3n) is 6.88. The van der Waals surface area contributed by atoms with E-state index in [2.05, 4.69) is 10.2 Å². The Morgan fingerprint density at radius 3 is 2.70 bits per heavy atom. The molecule has 30 heavy (non-hydrogen) atoms. The van der Waals surface area contributed by atoms with E-state index in [1.54, 1.807) is 0 Å². The van der Waals surface area contributed by atoms with Crippen molar-refractivity contribution in [3.63, 3.8) is 0 Å². The van der Waals surface area contributed by atoms with Crippen LogP contribution in [0.1, 0.15) is 36.8 Å². The van der Waals surface area contributed by atoms with Gasteiger partial charge in [0.05, 0.1) is 6.67 Å². The molecule has 1 N–H and O–H groups in total. The lowest BCUT2D eigenvalue weighted by Gasteiger charge is -2.37. The number of ether oxygens (including phenoxy) is 1. The smallest absolute Gasteiger partial charge is 0.326 e. The van der Waals surface area contributed by atoms with Gasteiger partial charge in [0, 0.05) is 32.8 Å². The molecule has 1 aromatic carbocycles. The van der Waals surface area contributed by atoms with Crippen molar-refractivity contribution in [3.05, 3.63) is 35.4 Å². The van der Waals surface area contributed by atoms with Gasteiger partial charge in [-0.15, -0.1) is 0 Å². The normalized spacial score (nSPS) is 29.4.